The average molecular weight is 116 g/mol. The number of rotatable bonds is 4. The summed E-state index contributed by atoms with van der Waals surface area (Å²) < 4.78 is 10.1. The van der Waals surface area contributed by atoms with E-state index < -0.39 is 0 Å². The fourth-order valence-electron chi connectivity index (χ4n) is 0.523. The van der Waals surface area contributed by atoms with E-state index in [1.54, 1.807) is 0 Å². The summed E-state index contributed by atoms with van der Waals surface area (Å²) in [6.07, 6.45) is 1.54. The molecule has 1 aliphatic heterocycles. The summed E-state index contributed by atoms with van der Waals surface area (Å²) in [4.78, 5) is 0. The van der Waals surface area contributed by atoms with Crippen molar-refractivity contribution >= 4 is 0 Å². The van der Waals surface area contributed by atoms with E-state index in [9.17, 15) is 0 Å². The summed E-state index contributed by atoms with van der Waals surface area (Å²) in [6, 6.07) is 0. The lowest BCUT2D eigenvalue weighted by Gasteiger charge is -1.95. The zero-order valence-corrected chi connectivity index (χ0v) is 5.22. The number of epoxide rings is 1. The van der Waals surface area contributed by atoms with Crippen LogP contribution in [0.2, 0.25) is 0 Å². The Morgan fingerprint density at radius 1 is 1.75 bits per heavy atom. The van der Waals surface area contributed by atoms with E-state index in [-0.39, 0.29) is 0 Å². The Bertz CT molecular complexity index is 59.5. The van der Waals surface area contributed by atoms with E-state index in [0.29, 0.717) is 6.10 Å². The van der Waals surface area contributed by atoms with Gasteiger partial charge in [0, 0.05) is 6.61 Å². The standard InChI is InChI=1S/C6H12O2/c1-2-3-7-4-6-5-8-6/h6H,2-5H2,1H3. The van der Waals surface area contributed by atoms with Crippen molar-refractivity contribution in [3.05, 3.63) is 0 Å². The Labute approximate surface area is 49.8 Å². The Morgan fingerprint density at radius 2 is 2.50 bits per heavy atom. The van der Waals surface area contributed by atoms with Crippen molar-refractivity contribution in [2.75, 3.05) is 19.8 Å². The quantitative estimate of drug-likeness (QED) is 0.400. The molecule has 1 fully saturated rings. The molecular weight excluding hydrogens is 104 g/mol. The highest BCUT2D eigenvalue weighted by Crippen LogP contribution is 2.08. The molecule has 0 N–H and O–H groups in total. The molecule has 1 saturated heterocycles. The second-order valence-corrected chi connectivity index (χ2v) is 2.03. The van der Waals surface area contributed by atoms with Crippen molar-refractivity contribution < 1.29 is 9.47 Å². The lowest BCUT2D eigenvalue weighted by atomic mass is 10.5. The molecular formula is C6H12O2. The first kappa shape index (κ1) is 6.05. The molecule has 1 atom stereocenters. The SMILES string of the molecule is CCCOCC1CO1. The van der Waals surface area contributed by atoms with Gasteiger partial charge in [0.25, 0.3) is 0 Å². The van der Waals surface area contributed by atoms with E-state index in [1.165, 1.54) is 0 Å². The summed E-state index contributed by atoms with van der Waals surface area (Å²) >= 11 is 0. The van der Waals surface area contributed by atoms with Gasteiger partial charge in [-0.15, -0.1) is 0 Å². The fraction of sp³-hybridized carbons (Fsp3) is 1.00. The van der Waals surface area contributed by atoms with E-state index in [4.69, 9.17) is 9.47 Å². The van der Waals surface area contributed by atoms with Crippen molar-refractivity contribution in [3.8, 4) is 0 Å². The first-order valence-electron chi connectivity index (χ1n) is 3.13. The Balaban J connectivity index is 1.74. The molecule has 0 aromatic rings. The first-order chi connectivity index (χ1) is 3.93. The highest BCUT2D eigenvalue weighted by molar-refractivity contribution is 4.66. The third-order valence-corrected chi connectivity index (χ3v) is 1.05. The predicted molar refractivity (Wildman–Crippen MR) is 30.8 cm³/mol. The average Bonchev–Trinajstić information content (AvgIpc) is 2.51. The molecule has 1 aliphatic rings. The monoisotopic (exact) mass is 116 g/mol. The summed E-state index contributed by atoms with van der Waals surface area (Å²) in [5, 5.41) is 0. The molecule has 48 valence electrons. The fourth-order valence-corrected chi connectivity index (χ4v) is 0.523. The molecule has 8 heavy (non-hydrogen) atoms. The van der Waals surface area contributed by atoms with Gasteiger partial charge >= 0.3 is 0 Å². The molecule has 2 heteroatoms. The molecule has 0 aromatic heterocycles. The van der Waals surface area contributed by atoms with E-state index in [1.807, 2.05) is 0 Å². The van der Waals surface area contributed by atoms with Crippen LogP contribution in [0, 0.1) is 0 Å². The molecule has 1 heterocycles. The molecule has 0 amide bonds. The highest BCUT2D eigenvalue weighted by Gasteiger charge is 2.21. The third kappa shape index (κ3) is 2.28. The van der Waals surface area contributed by atoms with Crippen LogP contribution in [0.4, 0.5) is 0 Å². The smallest absolute Gasteiger partial charge is 0.104 e. The Morgan fingerprint density at radius 3 is 3.00 bits per heavy atom. The minimum Gasteiger partial charge on any atom is -0.379 e. The minimum absolute atomic E-state index is 0.432. The van der Waals surface area contributed by atoms with Crippen LogP contribution in [-0.4, -0.2) is 25.9 Å². The van der Waals surface area contributed by atoms with Crippen LogP contribution in [0.3, 0.4) is 0 Å². The maximum absolute atomic E-state index is 5.18. The van der Waals surface area contributed by atoms with Crippen LogP contribution in [0.25, 0.3) is 0 Å². The zero-order chi connectivity index (χ0) is 5.82. The van der Waals surface area contributed by atoms with E-state index in [0.717, 1.165) is 26.2 Å². The van der Waals surface area contributed by atoms with Gasteiger partial charge in [0.15, 0.2) is 0 Å². The second kappa shape index (κ2) is 3.05. The predicted octanol–water partition coefficient (Wildman–Crippen LogP) is 0.812. The van der Waals surface area contributed by atoms with Crippen molar-refractivity contribution in [3.63, 3.8) is 0 Å². The van der Waals surface area contributed by atoms with Crippen LogP contribution in [0.15, 0.2) is 0 Å². The number of hydrogen-bond donors (Lipinski definition) is 0. The van der Waals surface area contributed by atoms with Crippen molar-refractivity contribution in [1.82, 2.24) is 0 Å². The Hall–Kier alpha value is -0.0800. The molecule has 2 nitrogen and oxygen atoms in total. The van der Waals surface area contributed by atoms with Gasteiger partial charge in [-0.2, -0.15) is 0 Å². The first-order valence-corrected chi connectivity index (χ1v) is 3.13. The summed E-state index contributed by atoms with van der Waals surface area (Å²) in [6.45, 7) is 4.69. The molecule has 0 radical (unpaired) electrons. The molecule has 0 aromatic carbocycles. The van der Waals surface area contributed by atoms with Gasteiger partial charge in [-0.1, -0.05) is 6.92 Å². The normalized spacial score (nSPS) is 25.9. The van der Waals surface area contributed by atoms with E-state index in [2.05, 4.69) is 6.92 Å². The van der Waals surface area contributed by atoms with Gasteiger partial charge < -0.3 is 9.47 Å². The molecule has 0 saturated carbocycles. The highest BCUT2D eigenvalue weighted by atomic mass is 16.6. The summed E-state index contributed by atoms with van der Waals surface area (Å²) in [5.41, 5.74) is 0. The van der Waals surface area contributed by atoms with Crippen molar-refractivity contribution in [1.29, 1.82) is 0 Å². The number of hydrogen-bond acceptors (Lipinski definition) is 2. The maximum atomic E-state index is 5.18. The zero-order valence-electron chi connectivity index (χ0n) is 5.22. The topological polar surface area (TPSA) is 21.8 Å². The van der Waals surface area contributed by atoms with E-state index >= 15 is 0 Å². The number of ether oxygens (including phenoxy) is 2. The van der Waals surface area contributed by atoms with Gasteiger partial charge in [-0.3, -0.25) is 0 Å². The lowest BCUT2D eigenvalue weighted by Crippen LogP contribution is -2.01. The third-order valence-electron chi connectivity index (χ3n) is 1.05. The van der Waals surface area contributed by atoms with Crippen LogP contribution >= 0.6 is 0 Å². The van der Waals surface area contributed by atoms with Crippen LogP contribution < -0.4 is 0 Å². The van der Waals surface area contributed by atoms with Gasteiger partial charge in [-0.05, 0) is 6.42 Å². The van der Waals surface area contributed by atoms with Gasteiger partial charge in [0.2, 0.25) is 0 Å². The largest absolute Gasteiger partial charge is 0.379 e. The molecule has 0 aliphatic carbocycles. The summed E-state index contributed by atoms with van der Waals surface area (Å²) in [7, 11) is 0. The van der Waals surface area contributed by atoms with Crippen molar-refractivity contribution in [2.45, 2.75) is 19.4 Å². The van der Waals surface area contributed by atoms with Gasteiger partial charge in [-0.25, -0.2) is 0 Å². The minimum atomic E-state index is 0.432. The molecule has 1 rings (SSSR count). The molecule has 1 unspecified atom stereocenters. The second-order valence-electron chi connectivity index (χ2n) is 2.03. The maximum Gasteiger partial charge on any atom is 0.104 e. The van der Waals surface area contributed by atoms with Crippen molar-refractivity contribution in [2.24, 2.45) is 0 Å². The Kier molecular flexibility index (Phi) is 2.30. The van der Waals surface area contributed by atoms with Gasteiger partial charge in [0.1, 0.15) is 6.10 Å². The van der Waals surface area contributed by atoms with Crippen LogP contribution in [0.1, 0.15) is 13.3 Å². The van der Waals surface area contributed by atoms with Crippen LogP contribution in [-0.2, 0) is 9.47 Å². The van der Waals surface area contributed by atoms with Gasteiger partial charge in [0.05, 0.1) is 13.2 Å². The summed E-state index contributed by atoms with van der Waals surface area (Å²) in [5.74, 6) is 0. The molecule has 0 spiro atoms. The lowest BCUT2D eigenvalue weighted by molar-refractivity contribution is 0.117. The van der Waals surface area contributed by atoms with Crippen LogP contribution in [0.5, 0.6) is 0 Å². The molecule has 0 bridgehead atoms.